The molecule has 0 spiro atoms. The first-order valence-corrected chi connectivity index (χ1v) is 15.4. The van der Waals surface area contributed by atoms with E-state index in [-0.39, 0.29) is 5.44 Å². The molecule has 5 nitrogen and oxygen atoms in total. The van der Waals surface area contributed by atoms with Crippen molar-refractivity contribution in [3.8, 4) is 44.5 Å². The molecular formula is C35H24NO4S2-. The van der Waals surface area contributed by atoms with Crippen molar-refractivity contribution in [1.82, 2.24) is 4.98 Å². The predicted octanol–water partition coefficient (Wildman–Crippen LogP) is 7.75. The second kappa shape index (κ2) is 11.4. The summed E-state index contributed by atoms with van der Waals surface area (Å²) in [6.07, 6.45) is 0. The number of fused-ring (bicyclic) bond motifs is 4. The van der Waals surface area contributed by atoms with Crippen LogP contribution in [0.4, 0.5) is 0 Å². The van der Waals surface area contributed by atoms with Crippen molar-refractivity contribution in [3.05, 3.63) is 126 Å². The van der Waals surface area contributed by atoms with Gasteiger partial charge < -0.3 is 19.4 Å². The molecule has 1 aromatic heterocycles. The zero-order valence-corrected chi connectivity index (χ0v) is 24.0. The summed E-state index contributed by atoms with van der Waals surface area (Å²) >= 11 is 3.30. The van der Waals surface area contributed by atoms with Crippen molar-refractivity contribution in [2.45, 2.75) is 11.2 Å². The van der Waals surface area contributed by atoms with Crippen LogP contribution in [0.2, 0.25) is 0 Å². The number of carbonyl (C=O) groups is 1. The summed E-state index contributed by atoms with van der Waals surface area (Å²) in [7, 11) is 0. The number of carbonyl (C=O) groups excluding carboxylic acids is 1. The molecule has 206 valence electrons. The van der Waals surface area contributed by atoms with Crippen LogP contribution < -0.4 is 14.6 Å². The standard InChI is InChI=1S/C35H25NO4S2/c37-30(38)20-39-29-19-9-18-28-31-33(35(40-32(28)29)41-21-22-10-2-1-3-11-22)42-34(36-31)27-16-7-6-15-26(27)25-17-8-13-23-12-4-5-14-24(23)25/h1-19,35H,20-21H2,(H,37,38)/p-1. The highest BCUT2D eigenvalue weighted by Gasteiger charge is 2.33. The Hall–Kier alpha value is -4.59. The third-order valence-electron chi connectivity index (χ3n) is 7.15. The highest BCUT2D eigenvalue weighted by atomic mass is 32.2. The summed E-state index contributed by atoms with van der Waals surface area (Å²) in [5, 5.41) is 14.4. The Labute approximate surface area is 251 Å². The van der Waals surface area contributed by atoms with Gasteiger partial charge in [-0.05, 0) is 39.6 Å². The van der Waals surface area contributed by atoms with Crippen molar-refractivity contribution in [3.63, 3.8) is 0 Å². The van der Waals surface area contributed by atoms with Gasteiger partial charge in [-0.25, -0.2) is 4.98 Å². The average molecular weight is 587 g/mol. The maximum Gasteiger partial charge on any atom is 0.181 e. The highest BCUT2D eigenvalue weighted by Crippen LogP contribution is 2.54. The van der Waals surface area contributed by atoms with E-state index in [1.54, 1.807) is 29.2 Å². The smallest absolute Gasteiger partial charge is 0.181 e. The van der Waals surface area contributed by atoms with Gasteiger partial charge in [0.05, 0.1) is 16.5 Å². The summed E-state index contributed by atoms with van der Waals surface area (Å²) in [6.45, 7) is -0.560. The maximum absolute atomic E-state index is 11.2. The lowest BCUT2D eigenvalue weighted by Crippen LogP contribution is -2.29. The lowest BCUT2D eigenvalue weighted by atomic mass is 9.95. The molecule has 42 heavy (non-hydrogen) atoms. The minimum atomic E-state index is -1.29. The molecule has 1 aliphatic rings. The fourth-order valence-electron chi connectivity index (χ4n) is 5.26. The number of benzene rings is 5. The quantitative estimate of drug-likeness (QED) is 0.182. The number of para-hydroxylation sites is 1. The van der Waals surface area contributed by atoms with E-state index in [0.29, 0.717) is 11.5 Å². The van der Waals surface area contributed by atoms with Gasteiger partial charge in [0.25, 0.3) is 0 Å². The van der Waals surface area contributed by atoms with Gasteiger partial charge in [0, 0.05) is 16.9 Å². The van der Waals surface area contributed by atoms with Crippen LogP contribution in [0.3, 0.4) is 0 Å². The van der Waals surface area contributed by atoms with Crippen LogP contribution in [0.1, 0.15) is 15.9 Å². The number of nitrogens with zero attached hydrogens (tertiary/aromatic N) is 1. The largest absolute Gasteiger partial charge is 0.546 e. The fourth-order valence-corrected chi connectivity index (χ4v) is 7.60. The predicted molar refractivity (Wildman–Crippen MR) is 168 cm³/mol. The van der Waals surface area contributed by atoms with Crippen LogP contribution in [0.5, 0.6) is 11.5 Å². The molecule has 0 aliphatic carbocycles. The van der Waals surface area contributed by atoms with Crippen molar-refractivity contribution >= 4 is 39.8 Å². The Bertz CT molecular complexity index is 1910. The Morgan fingerprint density at radius 3 is 2.36 bits per heavy atom. The monoisotopic (exact) mass is 586 g/mol. The maximum atomic E-state index is 11.2. The van der Waals surface area contributed by atoms with Crippen LogP contribution in [-0.4, -0.2) is 17.6 Å². The second-order valence-electron chi connectivity index (χ2n) is 9.84. The highest BCUT2D eigenvalue weighted by molar-refractivity contribution is 7.98. The number of carboxylic acid groups (broad SMARTS) is 1. The van der Waals surface area contributed by atoms with Crippen molar-refractivity contribution in [1.29, 1.82) is 0 Å². The van der Waals surface area contributed by atoms with Crippen LogP contribution >= 0.6 is 23.1 Å². The molecule has 0 N–H and O–H groups in total. The van der Waals surface area contributed by atoms with Gasteiger partial charge in [-0.2, -0.15) is 0 Å². The molecule has 0 fully saturated rings. The molecule has 0 amide bonds. The van der Waals surface area contributed by atoms with E-state index in [1.807, 2.05) is 36.4 Å². The molecule has 5 aromatic carbocycles. The van der Waals surface area contributed by atoms with Crippen molar-refractivity contribution in [2.24, 2.45) is 0 Å². The van der Waals surface area contributed by atoms with Gasteiger partial charge in [0.1, 0.15) is 11.6 Å². The fraction of sp³-hybridized carbons (Fsp3) is 0.0857. The summed E-state index contributed by atoms with van der Waals surface area (Å²) in [5.74, 6) is 0.303. The molecule has 1 atom stereocenters. The third-order valence-corrected chi connectivity index (χ3v) is 9.57. The van der Waals surface area contributed by atoms with Gasteiger partial charge in [-0.1, -0.05) is 103 Å². The van der Waals surface area contributed by atoms with Gasteiger partial charge >= 0.3 is 0 Å². The van der Waals surface area contributed by atoms with Gasteiger partial charge in [0.15, 0.2) is 16.9 Å². The van der Waals surface area contributed by atoms with Crippen molar-refractivity contribution < 1.29 is 19.4 Å². The third kappa shape index (κ3) is 5.02. The number of aromatic nitrogens is 1. The summed E-state index contributed by atoms with van der Waals surface area (Å²) in [5.41, 5.74) is 5.76. The minimum Gasteiger partial charge on any atom is -0.546 e. The topological polar surface area (TPSA) is 71.5 Å². The number of aliphatic carboxylic acids is 1. The molecule has 0 radical (unpaired) electrons. The van der Waals surface area contributed by atoms with Crippen LogP contribution in [0.25, 0.3) is 43.7 Å². The zero-order valence-electron chi connectivity index (χ0n) is 22.4. The molecule has 0 saturated carbocycles. The molecule has 7 rings (SSSR count). The molecule has 0 bridgehead atoms. The van der Waals surface area contributed by atoms with Gasteiger partial charge in [-0.3, -0.25) is 0 Å². The van der Waals surface area contributed by atoms with E-state index in [4.69, 9.17) is 14.5 Å². The number of rotatable bonds is 8. The van der Waals surface area contributed by atoms with Gasteiger partial charge in [-0.15, -0.1) is 23.1 Å². The van der Waals surface area contributed by atoms with Crippen LogP contribution in [-0.2, 0) is 10.5 Å². The second-order valence-corrected chi connectivity index (χ2v) is 11.9. The summed E-state index contributed by atoms with van der Waals surface area (Å²) in [4.78, 5) is 17.4. The average Bonchev–Trinajstić information content (AvgIpc) is 3.49. The molecule has 0 saturated heterocycles. The Balaban J connectivity index is 1.35. The Morgan fingerprint density at radius 2 is 1.50 bits per heavy atom. The van der Waals surface area contributed by atoms with E-state index in [1.165, 1.54) is 16.3 Å². The summed E-state index contributed by atoms with van der Waals surface area (Å²) in [6, 6.07) is 38.9. The molecule has 6 aromatic rings. The van der Waals surface area contributed by atoms with E-state index >= 15 is 0 Å². The first-order chi connectivity index (χ1) is 20.7. The normalized spacial score (nSPS) is 13.7. The number of thioether (sulfide) groups is 1. The lowest BCUT2D eigenvalue weighted by molar-refractivity contribution is -0.307. The molecule has 7 heteroatoms. The zero-order chi connectivity index (χ0) is 28.5. The van der Waals surface area contributed by atoms with E-state index in [0.717, 1.165) is 43.6 Å². The number of hydrogen-bond donors (Lipinski definition) is 0. The van der Waals surface area contributed by atoms with E-state index < -0.39 is 12.6 Å². The van der Waals surface area contributed by atoms with Crippen molar-refractivity contribution in [2.75, 3.05) is 6.61 Å². The minimum absolute atomic E-state index is 0.351. The Morgan fingerprint density at radius 1 is 0.810 bits per heavy atom. The lowest BCUT2D eigenvalue weighted by Gasteiger charge is -2.26. The number of ether oxygens (including phenoxy) is 2. The first-order valence-electron chi connectivity index (χ1n) is 13.5. The molecular weight excluding hydrogens is 563 g/mol. The Kier molecular flexibility index (Phi) is 7.11. The van der Waals surface area contributed by atoms with E-state index in [2.05, 4.69) is 72.8 Å². The van der Waals surface area contributed by atoms with E-state index in [9.17, 15) is 9.90 Å². The van der Waals surface area contributed by atoms with Gasteiger partial charge in [0.2, 0.25) is 0 Å². The summed E-state index contributed by atoms with van der Waals surface area (Å²) < 4.78 is 12.1. The first kappa shape index (κ1) is 26.3. The number of hydrogen-bond acceptors (Lipinski definition) is 7. The molecule has 2 heterocycles. The van der Waals surface area contributed by atoms with Crippen LogP contribution in [0, 0.1) is 0 Å². The number of carboxylic acids is 1. The molecule has 1 aliphatic heterocycles. The number of thiazole rings is 1. The molecule has 1 unspecified atom stereocenters. The van der Waals surface area contributed by atoms with Crippen LogP contribution in [0.15, 0.2) is 115 Å². The SMILES string of the molecule is O=C([O-])COc1cccc2c1OC(SCc1ccccc1)c1sc(-c3ccccc3-c3cccc4ccccc34)nc1-2.